The molecule has 0 unspecified atom stereocenters. The number of carbonyl (C=O) groups is 2. The van der Waals surface area contributed by atoms with Crippen LogP contribution in [0.3, 0.4) is 0 Å². The van der Waals surface area contributed by atoms with E-state index >= 15 is 0 Å². The minimum absolute atomic E-state index is 0.108. The number of furan rings is 1. The van der Waals surface area contributed by atoms with Gasteiger partial charge >= 0.3 is 12.0 Å². The van der Waals surface area contributed by atoms with Crippen molar-refractivity contribution >= 4 is 36.0 Å². The monoisotopic (exact) mass is 445 g/mol. The summed E-state index contributed by atoms with van der Waals surface area (Å²) in [6.45, 7) is 5.24. The number of carbonyl (C=O) groups excluding carboxylic acids is 2. The Bertz CT molecular complexity index is 1060. The first-order valence-corrected chi connectivity index (χ1v) is 9.86. The maximum Gasteiger partial charge on any atom is 0.433 e. The summed E-state index contributed by atoms with van der Waals surface area (Å²) in [5, 5.41) is 10.7. The van der Waals surface area contributed by atoms with Crippen LogP contribution < -0.4 is 9.80 Å². The molecule has 3 heterocycles. The minimum atomic E-state index is -0.709. The molecule has 2 amide bonds. The average molecular weight is 445 g/mol. The highest BCUT2D eigenvalue weighted by Gasteiger charge is 2.33. The Morgan fingerprint density at radius 3 is 2.62 bits per heavy atom. The summed E-state index contributed by atoms with van der Waals surface area (Å²) in [4.78, 5) is 42.9. The van der Waals surface area contributed by atoms with Crippen molar-refractivity contribution in [3.63, 3.8) is 0 Å². The third-order valence-electron chi connectivity index (χ3n) is 5.34. The Labute approximate surface area is 181 Å². The first-order valence-electron chi connectivity index (χ1n) is 9.86. The molecule has 0 saturated carbocycles. The number of rotatable bonds is 6. The number of ether oxygens (including phenoxy) is 1. The van der Waals surface area contributed by atoms with E-state index < -0.39 is 34.7 Å². The van der Waals surface area contributed by atoms with Crippen LogP contribution in [0, 0.1) is 15.9 Å². The number of benzene rings is 1. The highest BCUT2D eigenvalue weighted by molar-refractivity contribution is 5.92. The summed E-state index contributed by atoms with van der Waals surface area (Å²) >= 11 is 0. The van der Waals surface area contributed by atoms with Crippen LogP contribution in [0.1, 0.15) is 10.6 Å². The molecular formula is C20H20FN5O6. The van der Waals surface area contributed by atoms with Gasteiger partial charge in [-0.05, 0) is 31.0 Å². The van der Waals surface area contributed by atoms with Crippen LogP contribution in [-0.4, -0.2) is 73.9 Å². The van der Waals surface area contributed by atoms with Crippen molar-refractivity contribution in [2.45, 2.75) is 6.10 Å². The Morgan fingerprint density at radius 1 is 1.25 bits per heavy atom. The maximum atomic E-state index is 14.9. The van der Waals surface area contributed by atoms with Crippen molar-refractivity contribution in [2.75, 3.05) is 49.1 Å². The predicted octanol–water partition coefficient (Wildman–Crippen LogP) is 2.32. The van der Waals surface area contributed by atoms with Crippen molar-refractivity contribution < 1.29 is 28.1 Å². The smallest absolute Gasteiger partial charge is 0.433 e. The number of nitro groups is 1. The lowest BCUT2D eigenvalue weighted by molar-refractivity contribution is -0.402. The molecule has 0 aliphatic carbocycles. The quantitative estimate of drug-likeness (QED) is 0.380. The molecule has 2 fully saturated rings. The van der Waals surface area contributed by atoms with E-state index in [1.54, 1.807) is 17.0 Å². The van der Waals surface area contributed by atoms with E-state index in [1.165, 1.54) is 21.9 Å². The van der Waals surface area contributed by atoms with Gasteiger partial charge in [-0.2, -0.15) is 0 Å². The molecule has 0 spiro atoms. The van der Waals surface area contributed by atoms with Gasteiger partial charge in [-0.25, -0.2) is 9.18 Å². The molecule has 0 bridgehead atoms. The molecule has 0 N–H and O–H groups in total. The lowest BCUT2D eigenvalue weighted by atomic mass is 10.2. The van der Waals surface area contributed by atoms with Gasteiger partial charge in [-0.3, -0.25) is 24.8 Å². The van der Waals surface area contributed by atoms with Crippen LogP contribution >= 0.6 is 0 Å². The van der Waals surface area contributed by atoms with Gasteiger partial charge in [0.1, 0.15) is 16.8 Å². The molecule has 32 heavy (non-hydrogen) atoms. The second-order valence-electron chi connectivity index (χ2n) is 7.33. The first-order chi connectivity index (χ1) is 15.4. The van der Waals surface area contributed by atoms with E-state index in [9.17, 15) is 24.1 Å². The first kappa shape index (κ1) is 21.3. The largest absolute Gasteiger partial charge is 0.442 e. The molecule has 0 radical (unpaired) electrons. The third kappa shape index (κ3) is 4.11. The third-order valence-corrected chi connectivity index (χ3v) is 5.34. The van der Waals surface area contributed by atoms with Gasteiger partial charge in [0.2, 0.25) is 0 Å². The van der Waals surface area contributed by atoms with Crippen LogP contribution in [0.5, 0.6) is 0 Å². The molecule has 2 aliphatic rings. The summed E-state index contributed by atoms with van der Waals surface area (Å²) < 4.78 is 25.0. The van der Waals surface area contributed by atoms with E-state index in [0.29, 0.717) is 37.6 Å². The van der Waals surface area contributed by atoms with Crippen molar-refractivity contribution in [2.24, 2.45) is 4.99 Å². The van der Waals surface area contributed by atoms with Crippen LogP contribution in [0.25, 0.3) is 0 Å². The topological polar surface area (TPSA) is 122 Å². The molecule has 2 aliphatic heterocycles. The number of cyclic esters (lactones) is 1. The molecule has 12 heteroatoms. The molecular weight excluding hydrogens is 425 g/mol. The highest BCUT2D eigenvalue weighted by Crippen LogP contribution is 2.29. The van der Waals surface area contributed by atoms with Crippen molar-refractivity contribution in [3.05, 3.63) is 52.0 Å². The van der Waals surface area contributed by atoms with Gasteiger partial charge in [0.05, 0.1) is 30.5 Å². The summed E-state index contributed by atoms with van der Waals surface area (Å²) in [6.07, 6.45) is -0.972. The van der Waals surface area contributed by atoms with E-state index in [0.717, 1.165) is 6.07 Å². The van der Waals surface area contributed by atoms with Gasteiger partial charge < -0.3 is 19.0 Å². The van der Waals surface area contributed by atoms with Crippen LogP contribution in [0.15, 0.2) is 39.7 Å². The number of hydrogen-bond acceptors (Lipinski definition) is 8. The Hall–Kier alpha value is -3.96. The summed E-state index contributed by atoms with van der Waals surface area (Å²) in [7, 11) is 0. The predicted molar refractivity (Wildman–Crippen MR) is 112 cm³/mol. The van der Waals surface area contributed by atoms with Crippen LogP contribution in [-0.2, 0) is 4.74 Å². The van der Waals surface area contributed by atoms with Gasteiger partial charge in [0, 0.05) is 26.2 Å². The van der Waals surface area contributed by atoms with Gasteiger partial charge in [0.25, 0.3) is 5.91 Å². The zero-order valence-corrected chi connectivity index (χ0v) is 17.0. The van der Waals surface area contributed by atoms with Crippen molar-refractivity contribution in [1.29, 1.82) is 0 Å². The minimum Gasteiger partial charge on any atom is -0.442 e. The summed E-state index contributed by atoms with van der Waals surface area (Å²) in [6, 6.07) is 6.91. The molecule has 1 aromatic carbocycles. The lowest BCUT2D eigenvalue weighted by Crippen LogP contribution is -2.49. The molecule has 11 nitrogen and oxygen atoms in total. The second kappa shape index (κ2) is 8.65. The Morgan fingerprint density at radius 2 is 2.00 bits per heavy atom. The zero-order chi connectivity index (χ0) is 22.8. The SMILES string of the molecule is C=NC[C@H]1CN(c2ccc(N3CCN(C(=O)c4ccc([N+](=O)[O-])o4)CC3)c(F)c2)C(=O)O1. The Balaban J connectivity index is 1.39. The number of amides is 2. The Kier molecular flexibility index (Phi) is 5.75. The van der Waals surface area contributed by atoms with Gasteiger partial charge in [0.15, 0.2) is 5.76 Å². The normalized spacial score (nSPS) is 18.6. The summed E-state index contributed by atoms with van der Waals surface area (Å²) in [5.74, 6) is -1.56. The van der Waals surface area contributed by atoms with E-state index in [4.69, 9.17) is 9.15 Å². The number of nitrogens with zero attached hydrogens (tertiary/aromatic N) is 5. The zero-order valence-electron chi connectivity index (χ0n) is 17.0. The molecule has 1 atom stereocenters. The average Bonchev–Trinajstić information content (AvgIpc) is 3.41. The van der Waals surface area contributed by atoms with E-state index in [2.05, 4.69) is 11.7 Å². The molecule has 2 aromatic rings. The second-order valence-corrected chi connectivity index (χ2v) is 7.33. The number of anilines is 2. The summed E-state index contributed by atoms with van der Waals surface area (Å²) in [5.41, 5.74) is 0.738. The highest BCUT2D eigenvalue weighted by atomic mass is 19.1. The number of piperazine rings is 1. The van der Waals surface area contributed by atoms with Gasteiger partial charge in [-0.15, -0.1) is 0 Å². The number of aliphatic imine (C=N–C) groups is 1. The molecule has 168 valence electrons. The number of hydrogen-bond donors (Lipinski definition) is 0. The van der Waals surface area contributed by atoms with Gasteiger partial charge in [-0.1, -0.05) is 0 Å². The fourth-order valence-electron chi connectivity index (χ4n) is 3.74. The van der Waals surface area contributed by atoms with Crippen LogP contribution in [0.4, 0.5) is 26.4 Å². The van der Waals surface area contributed by atoms with E-state index in [1.807, 2.05) is 0 Å². The van der Waals surface area contributed by atoms with Crippen molar-refractivity contribution in [3.8, 4) is 0 Å². The van der Waals surface area contributed by atoms with E-state index in [-0.39, 0.29) is 18.8 Å². The van der Waals surface area contributed by atoms with Crippen molar-refractivity contribution in [1.82, 2.24) is 4.90 Å². The molecule has 1 aromatic heterocycles. The standard InChI is InChI=1S/C20H20FN5O6/c1-22-11-14-12-25(20(28)31-14)13-2-3-16(15(21)10-13)23-6-8-24(9-7-23)19(27)17-4-5-18(32-17)26(29)30/h2-5,10,14H,1,6-9,11-12H2/t14-/m0/s1. The fraction of sp³-hybridized carbons (Fsp3) is 0.350. The van der Waals surface area contributed by atoms with Crippen LogP contribution in [0.2, 0.25) is 0 Å². The lowest BCUT2D eigenvalue weighted by Gasteiger charge is -2.36. The molecule has 4 rings (SSSR count). The fourth-order valence-corrected chi connectivity index (χ4v) is 3.74. The number of halogens is 1. The molecule has 2 saturated heterocycles. The maximum absolute atomic E-state index is 14.9.